The van der Waals surface area contributed by atoms with Gasteiger partial charge in [0, 0.05) is 5.92 Å². The van der Waals surface area contributed by atoms with E-state index in [4.69, 9.17) is 4.84 Å². The average Bonchev–Trinajstić information content (AvgIpc) is 2.42. The second-order valence-electron chi connectivity index (χ2n) is 4.78. The van der Waals surface area contributed by atoms with Gasteiger partial charge in [0.2, 0.25) is 0 Å². The number of aryl methyl sites for hydroxylation is 1. The van der Waals surface area contributed by atoms with Crippen molar-refractivity contribution in [2.75, 3.05) is 19.7 Å². The summed E-state index contributed by atoms with van der Waals surface area (Å²) in [6.45, 7) is 6.84. The van der Waals surface area contributed by atoms with Crippen molar-refractivity contribution in [3.05, 3.63) is 35.4 Å². The van der Waals surface area contributed by atoms with Crippen molar-refractivity contribution in [1.82, 2.24) is 5.32 Å². The van der Waals surface area contributed by atoms with Crippen LogP contribution in [-0.2, 0) is 4.84 Å². The van der Waals surface area contributed by atoms with E-state index < -0.39 is 0 Å². The summed E-state index contributed by atoms with van der Waals surface area (Å²) >= 11 is 0. The van der Waals surface area contributed by atoms with Gasteiger partial charge in [-0.2, -0.15) is 0 Å². The standard InChI is InChI=1S/C15H22N2O/c1-3-18-17-15(14-8-10-16-11-9-14)13-6-4-12(2)5-7-13/h4-7,14,16H,3,8-11H2,1-2H3/b17-15+. The van der Waals surface area contributed by atoms with Crippen LogP contribution in [0.3, 0.4) is 0 Å². The van der Waals surface area contributed by atoms with Crippen molar-refractivity contribution >= 4 is 5.71 Å². The fourth-order valence-corrected chi connectivity index (χ4v) is 2.32. The van der Waals surface area contributed by atoms with E-state index in [2.05, 4.69) is 41.7 Å². The molecule has 0 radical (unpaired) electrons. The molecule has 1 aliphatic rings. The number of oxime groups is 1. The minimum atomic E-state index is 0.514. The first-order valence-electron chi connectivity index (χ1n) is 6.79. The van der Waals surface area contributed by atoms with E-state index in [0.717, 1.165) is 31.6 Å². The maximum absolute atomic E-state index is 5.30. The second kappa shape index (κ2) is 6.55. The van der Waals surface area contributed by atoms with Crippen LogP contribution in [0.15, 0.2) is 29.4 Å². The van der Waals surface area contributed by atoms with Crippen LogP contribution in [0.25, 0.3) is 0 Å². The third kappa shape index (κ3) is 3.33. The van der Waals surface area contributed by atoms with E-state index in [0.29, 0.717) is 12.5 Å². The fourth-order valence-electron chi connectivity index (χ4n) is 2.32. The summed E-state index contributed by atoms with van der Waals surface area (Å²) in [5.74, 6) is 0.514. The van der Waals surface area contributed by atoms with Crippen molar-refractivity contribution in [3.63, 3.8) is 0 Å². The van der Waals surface area contributed by atoms with E-state index in [-0.39, 0.29) is 0 Å². The number of rotatable bonds is 4. The third-order valence-electron chi connectivity index (χ3n) is 3.37. The van der Waals surface area contributed by atoms with Gasteiger partial charge in [-0.3, -0.25) is 0 Å². The molecule has 1 aromatic carbocycles. The number of nitrogens with zero attached hydrogens (tertiary/aromatic N) is 1. The van der Waals surface area contributed by atoms with Crippen molar-refractivity contribution in [1.29, 1.82) is 0 Å². The molecule has 18 heavy (non-hydrogen) atoms. The van der Waals surface area contributed by atoms with Crippen LogP contribution in [-0.4, -0.2) is 25.4 Å². The van der Waals surface area contributed by atoms with Crippen molar-refractivity contribution in [2.24, 2.45) is 11.1 Å². The van der Waals surface area contributed by atoms with Gasteiger partial charge >= 0.3 is 0 Å². The monoisotopic (exact) mass is 246 g/mol. The molecule has 3 nitrogen and oxygen atoms in total. The Morgan fingerprint density at radius 2 is 1.94 bits per heavy atom. The average molecular weight is 246 g/mol. The van der Waals surface area contributed by atoms with Gasteiger partial charge in [0.05, 0.1) is 5.71 Å². The lowest BCUT2D eigenvalue weighted by molar-refractivity contribution is 0.156. The summed E-state index contributed by atoms with van der Waals surface area (Å²) in [6.07, 6.45) is 2.28. The van der Waals surface area contributed by atoms with Crippen molar-refractivity contribution in [2.45, 2.75) is 26.7 Å². The smallest absolute Gasteiger partial charge is 0.114 e. The van der Waals surface area contributed by atoms with E-state index in [1.807, 2.05) is 6.92 Å². The summed E-state index contributed by atoms with van der Waals surface area (Å²) in [5, 5.41) is 7.75. The molecule has 1 fully saturated rings. The molecule has 1 N–H and O–H groups in total. The Kier molecular flexibility index (Phi) is 4.76. The molecule has 0 aromatic heterocycles. The molecular weight excluding hydrogens is 224 g/mol. The molecule has 3 heteroatoms. The first kappa shape index (κ1) is 13.1. The predicted molar refractivity (Wildman–Crippen MR) is 74.9 cm³/mol. The highest BCUT2D eigenvalue weighted by Gasteiger charge is 2.21. The molecule has 2 rings (SSSR count). The molecule has 98 valence electrons. The summed E-state index contributed by atoms with van der Waals surface area (Å²) in [6, 6.07) is 8.57. The number of hydrogen-bond acceptors (Lipinski definition) is 3. The Bertz CT molecular complexity index is 391. The van der Waals surface area contributed by atoms with Gasteiger partial charge in [0.1, 0.15) is 6.61 Å². The topological polar surface area (TPSA) is 33.6 Å². The third-order valence-corrected chi connectivity index (χ3v) is 3.37. The molecule has 1 aromatic rings. The Labute approximate surface area is 109 Å². The molecule has 0 saturated carbocycles. The molecule has 0 spiro atoms. The SMILES string of the molecule is CCO/N=C(\c1ccc(C)cc1)C1CCNCC1. The lowest BCUT2D eigenvalue weighted by Gasteiger charge is -2.24. The van der Waals surface area contributed by atoms with Crippen LogP contribution in [0.5, 0.6) is 0 Å². The summed E-state index contributed by atoms with van der Waals surface area (Å²) in [7, 11) is 0. The van der Waals surface area contributed by atoms with Crippen LogP contribution in [0.4, 0.5) is 0 Å². The van der Waals surface area contributed by atoms with Crippen molar-refractivity contribution in [3.8, 4) is 0 Å². The Balaban J connectivity index is 2.21. The summed E-state index contributed by atoms with van der Waals surface area (Å²) < 4.78 is 0. The van der Waals surface area contributed by atoms with Crippen molar-refractivity contribution < 1.29 is 4.84 Å². The molecule has 1 aliphatic heterocycles. The largest absolute Gasteiger partial charge is 0.396 e. The lowest BCUT2D eigenvalue weighted by Crippen LogP contribution is -2.32. The normalized spacial score (nSPS) is 17.8. The zero-order valence-corrected chi connectivity index (χ0v) is 11.3. The van der Waals surface area contributed by atoms with Gasteiger partial charge < -0.3 is 10.2 Å². The number of benzene rings is 1. The van der Waals surface area contributed by atoms with Gasteiger partial charge in [0.25, 0.3) is 0 Å². The van der Waals surface area contributed by atoms with Gasteiger partial charge in [-0.05, 0) is 45.3 Å². The van der Waals surface area contributed by atoms with Gasteiger partial charge in [-0.1, -0.05) is 35.0 Å². The lowest BCUT2D eigenvalue weighted by atomic mass is 9.88. The van der Waals surface area contributed by atoms with Gasteiger partial charge in [0.15, 0.2) is 0 Å². The maximum Gasteiger partial charge on any atom is 0.114 e. The van der Waals surface area contributed by atoms with Crippen LogP contribution >= 0.6 is 0 Å². The van der Waals surface area contributed by atoms with Gasteiger partial charge in [-0.25, -0.2) is 0 Å². The van der Waals surface area contributed by atoms with Crippen LogP contribution in [0, 0.1) is 12.8 Å². The highest BCUT2D eigenvalue weighted by molar-refractivity contribution is 6.02. The number of piperidine rings is 1. The zero-order chi connectivity index (χ0) is 12.8. The first-order valence-corrected chi connectivity index (χ1v) is 6.79. The van der Waals surface area contributed by atoms with Gasteiger partial charge in [-0.15, -0.1) is 0 Å². The molecule has 0 amide bonds. The highest BCUT2D eigenvalue weighted by Crippen LogP contribution is 2.20. The molecule has 1 heterocycles. The molecule has 1 saturated heterocycles. The summed E-state index contributed by atoms with van der Waals surface area (Å²) in [4.78, 5) is 5.30. The van der Waals surface area contributed by atoms with Crippen LogP contribution in [0.2, 0.25) is 0 Å². The predicted octanol–water partition coefficient (Wildman–Crippen LogP) is 2.74. The van der Waals surface area contributed by atoms with E-state index in [1.165, 1.54) is 11.1 Å². The second-order valence-corrected chi connectivity index (χ2v) is 4.78. The Hall–Kier alpha value is -1.35. The quantitative estimate of drug-likeness (QED) is 0.654. The van der Waals surface area contributed by atoms with E-state index >= 15 is 0 Å². The molecular formula is C15H22N2O. The fraction of sp³-hybridized carbons (Fsp3) is 0.533. The maximum atomic E-state index is 5.30. The van der Waals surface area contributed by atoms with E-state index in [1.54, 1.807) is 0 Å². The molecule has 0 atom stereocenters. The number of nitrogens with one attached hydrogen (secondary N) is 1. The highest BCUT2D eigenvalue weighted by atomic mass is 16.6. The summed E-state index contributed by atoms with van der Waals surface area (Å²) in [5.41, 5.74) is 3.58. The zero-order valence-electron chi connectivity index (χ0n) is 11.3. The van der Waals surface area contributed by atoms with Crippen LogP contribution < -0.4 is 5.32 Å². The Morgan fingerprint density at radius 1 is 1.28 bits per heavy atom. The minimum Gasteiger partial charge on any atom is -0.396 e. The van der Waals surface area contributed by atoms with Crippen LogP contribution in [0.1, 0.15) is 30.9 Å². The minimum absolute atomic E-state index is 0.514. The first-order chi connectivity index (χ1) is 8.81. The molecule has 0 bridgehead atoms. The van der Waals surface area contributed by atoms with E-state index in [9.17, 15) is 0 Å². The molecule has 0 unspecified atom stereocenters. The molecule has 0 aliphatic carbocycles. The number of hydrogen-bond donors (Lipinski definition) is 1. The Morgan fingerprint density at radius 3 is 2.56 bits per heavy atom.